The summed E-state index contributed by atoms with van der Waals surface area (Å²) in [6.07, 6.45) is 14.7. The molecule has 3 nitrogen and oxygen atoms in total. The second-order valence-corrected chi connectivity index (χ2v) is 9.77. The Bertz CT molecular complexity index is 603. The zero-order valence-corrected chi connectivity index (χ0v) is 17.0. The van der Waals surface area contributed by atoms with Crippen molar-refractivity contribution in [2.75, 3.05) is 0 Å². The van der Waals surface area contributed by atoms with Gasteiger partial charge in [0, 0.05) is 12.8 Å². The van der Waals surface area contributed by atoms with Crippen LogP contribution in [0.15, 0.2) is 11.6 Å². The molecule has 4 aliphatic rings. The molecule has 0 spiro atoms. The number of aliphatic carboxylic acids is 1. The molecule has 1 N–H and O–H groups in total. The summed E-state index contributed by atoms with van der Waals surface area (Å²) in [6, 6.07) is 0. The van der Waals surface area contributed by atoms with E-state index in [1.165, 1.54) is 51.4 Å². The fourth-order valence-electron chi connectivity index (χ4n) is 7.37. The van der Waals surface area contributed by atoms with E-state index in [9.17, 15) is 4.79 Å². The minimum Gasteiger partial charge on any atom is -0.481 e. The highest BCUT2D eigenvalue weighted by atomic mass is 16.4. The van der Waals surface area contributed by atoms with Crippen LogP contribution >= 0.6 is 0 Å². The third-order valence-electron chi connectivity index (χ3n) is 8.51. The van der Waals surface area contributed by atoms with Crippen molar-refractivity contribution in [3.05, 3.63) is 11.6 Å². The van der Waals surface area contributed by atoms with Gasteiger partial charge < -0.3 is 5.11 Å². The second kappa shape index (κ2) is 7.13. The van der Waals surface area contributed by atoms with Gasteiger partial charge in [-0.05, 0) is 86.9 Å². The highest BCUT2D eigenvalue weighted by Gasteiger charge is 2.58. The van der Waals surface area contributed by atoms with E-state index in [0.717, 1.165) is 31.1 Å². The number of carboxylic acids is 1. The molecule has 0 aliphatic heterocycles. The van der Waals surface area contributed by atoms with Crippen LogP contribution in [-0.4, -0.2) is 16.9 Å². The van der Waals surface area contributed by atoms with Crippen molar-refractivity contribution in [3.8, 4) is 0 Å². The normalized spacial score (nSPS) is 43.8. The zero-order chi connectivity index (χ0) is 19.1. The van der Waals surface area contributed by atoms with Crippen LogP contribution in [0.4, 0.5) is 0 Å². The Morgan fingerprint density at radius 2 is 1.73 bits per heavy atom. The lowest BCUT2D eigenvalue weighted by Gasteiger charge is -2.57. The summed E-state index contributed by atoms with van der Waals surface area (Å²) >= 11 is 0. The van der Waals surface area contributed by atoms with Crippen molar-refractivity contribution in [1.82, 2.24) is 0 Å². The molecule has 0 saturated heterocycles. The van der Waals surface area contributed by atoms with E-state index in [0.29, 0.717) is 22.5 Å². The lowest BCUT2D eigenvalue weighted by molar-refractivity contribution is -0.134. The van der Waals surface area contributed by atoms with Gasteiger partial charge in [0.2, 0.25) is 0 Å². The van der Waals surface area contributed by atoms with E-state index in [1.807, 2.05) is 6.92 Å². The summed E-state index contributed by atoms with van der Waals surface area (Å²) in [5.41, 5.74) is 2.60. The van der Waals surface area contributed by atoms with E-state index >= 15 is 0 Å². The third kappa shape index (κ3) is 3.16. The Balaban J connectivity index is 0.000000447. The van der Waals surface area contributed by atoms with Crippen molar-refractivity contribution in [2.45, 2.75) is 85.5 Å². The molecule has 3 saturated carbocycles. The van der Waals surface area contributed by atoms with Gasteiger partial charge >= 0.3 is 0 Å². The molecular formula is C23H36O3. The van der Waals surface area contributed by atoms with Gasteiger partial charge in [-0.3, -0.25) is 9.59 Å². The second-order valence-electron chi connectivity index (χ2n) is 9.77. The molecule has 4 aliphatic carbocycles. The molecule has 4 rings (SSSR count). The maximum atomic E-state index is 12.1. The van der Waals surface area contributed by atoms with Gasteiger partial charge in [0.1, 0.15) is 5.78 Å². The summed E-state index contributed by atoms with van der Waals surface area (Å²) in [5, 5.41) is 7.42. The first kappa shape index (κ1) is 19.6. The van der Waals surface area contributed by atoms with Crippen molar-refractivity contribution < 1.29 is 14.7 Å². The highest BCUT2D eigenvalue weighted by Crippen LogP contribution is 2.66. The number of fused-ring (bicyclic) bond motifs is 5. The molecule has 0 aromatic rings. The van der Waals surface area contributed by atoms with Crippen LogP contribution < -0.4 is 0 Å². The molecule has 0 aromatic heterocycles. The number of allylic oxidation sites excluding steroid dienone is 2. The molecule has 146 valence electrons. The first-order valence-corrected chi connectivity index (χ1v) is 10.6. The average molecular weight is 361 g/mol. The topological polar surface area (TPSA) is 54.4 Å². The van der Waals surface area contributed by atoms with E-state index in [-0.39, 0.29) is 0 Å². The van der Waals surface area contributed by atoms with Crippen molar-refractivity contribution in [3.63, 3.8) is 0 Å². The minimum atomic E-state index is -0.833. The van der Waals surface area contributed by atoms with Crippen molar-refractivity contribution in [1.29, 1.82) is 0 Å². The maximum Gasteiger partial charge on any atom is 0.300 e. The summed E-state index contributed by atoms with van der Waals surface area (Å²) in [6.45, 7) is 7.95. The molecule has 0 radical (unpaired) electrons. The maximum absolute atomic E-state index is 12.1. The van der Waals surface area contributed by atoms with Crippen LogP contribution in [0.5, 0.6) is 0 Å². The van der Waals surface area contributed by atoms with E-state index in [1.54, 1.807) is 5.57 Å². The monoisotopic (exact) mass is 360 g/mol. The van der Waals surface area contributed by atoms with Gasteiger partial charge in [-0.15, -0.1) is 0 Å². The Morgan fingerprint density at radius 1 is 1.04 bits per heavy atom. The Morgan fingerprint density at radius 3 is 2.38 bits per heavy atom. The van der Waals surface area contributed by atoms with Gasteiger partial charge in [-0.1, -0.05) is 31.9 Å². The van der Waals surface area contributed by atoms with E-state index in [4.69, 9.17) is 9.90 Å². The van der Waals surface area contributed by atoms with Crippen LogP contribution in [-0.2, 0) is 9.59 Å². The number of carbonyl (C=O) groups excluding carboxylic acids is 1. The number of hydrogen-bond donors (Lipinski definition) is 1. The summed E-state index contributed by atoms with van der Waals surface area (Å²) in [4.78, 5) is 21.1. The van der Waals surface area contributed by atoms with Gasteiger partial charge in [-0.25, -0.2) is 0 Å². The molecule has 0 bridgehead atoms. The van der Waals surface area contributed by atoms with Gasteiger partial charge in [0.05, 0.1) is 0 Å². The first-order chi connectivity index (χ1) is 12.2. The lowest BCUT2D eigenvalue weighted by atomic mass is 9.47. The number of Topliss-reactive ketones (excluding diaryl/α,β-unsaturated/α-hetero) is 1. The molecule has 6 atom stereocenters. The molecular weight excluding hydrogens is 324 g/mol. The highest BCUT2D eigenvalue weighted by molar-refractivity contribution is 5.79. The molecule has 3 unspecified atom stereocenters. The van der Waals surface area contributed by atoms with Gasteiger partial charge in [0.15, 0.2) is 0 Å². The van der Waals surface area contributed by atoms with Crippen LogP contribution in [0.25, 0.3) is 0 Å². The molecule has 3 fully saturated rings. The number of carboxylic acid groups (broad SMARTS) is 1. The summed E-state index contributed by atoms with van der Waals surface area (Å²) in [5.74, 6) is 2.53. The molecule has 26 heavy (non-hydrogen) atoms. The van der Waals surface area contributed by atoms with Crippen LogP contribution in [0.1, 0.15) is 85.5 Å². The van der Waals surface area contributed by atoms with Crippen LogP contribution in [0.3, 0.4) is 0 Å². The van der Waals surface area contributed by atoms with Crippen LogP contribution in [0, 0.1) is 34.5 Å². The SMILES string of the molecule is CC(=O)O.CC(=O)[C@H]1CCC2C3CC=C4CCCC[C@]4(C)C3CC[C@@]21C. The smallest absolute Gasteiger partial charge is 0.300 e. The fraction of sp³-hybridized carbons (Fsp3) is 0.826. The summed E-state index contributed by atoms with van der Waals surface area (Å²) in [7, 11) is 0. The predicted molar refractivity (Wildman–Crippen MR) is 104 cm³/mol. The van der Waals surface area contributed by atoms with Gasteiger partial charge in [0.25, 0.3) is 5.97 Å². The molecule has 3 heteroatoms. The van der Waals surface area contributed by atoms with Crippen molar-refractivity contribution in [2.24, 2.45) is 34.5 Å². The van der Waals surface area contributed by atoms with Crippen molar-refractivity contribution >= 4 is 11.8 Å². The Hall–Kier alpha value is -1.12. The Kier molecular flexibility index (Phi) is 5.38. The predicted octanol–water partition coefficient (Wildman–Crippen LogP) is 5.64. The Labute approximate surface area is 158 Å². The largest absolute Gasteiger partial charge is 0.481 e. The molecule has 0 aromatic carbocycles. The number of ketones is 1. The minimum absolute atomic E-state index is 0.309. The standard InChI is InChI=1S/C21H32O.C2H4O2/c1-14(22)17-9-10-18-16-8-7-15-6-4-5-12-20(15,2)19(16)11-13-21(17,18)3;1-2(3)4/h7,16-19H,4-6,8-13H2,1-3H3;1H3,(H,3,4)/t16?,17-,18?,19?,20+,21-;/m1./s1. The van der Waals surface area contributed by atoms with E-state index in [2.05, 4.69) is 19.9 Å². The number of carbonyl (C=O) groups is 2. The average Bonchev–Trinajstić information content (AvgIpc) is 2.91. The van der Waals surface area contributed by atoms with Gasteiger partial charge in [-0.2, -0.15) is 0 Å². The molecule has 0 amide bonds. The molecule has 0 heterocycles. The zero-order valence-electron chi connectivity index (χ0n) is 17.0. The number of rotatable bonds is 1. The first-order valence-electron chi connectivity index (χ1n) is 10.6. The van der Waals surface area contributed by atoms with Crippen LogP contribution in [0.2, 0.25) is 0 Å². The lowest BCUT2D eigenvalue weighted by Crippen LogP contribution is -2.50. The quantitative estimate of drug-likeness (QED) is 0.616. The summed E-state index contributed by atoms with van der Waals surface area (Å²) < 4.78 is 0. The van der Waals surface area contributed by atoms with E-state index < -0.39 is 5.97 Å². The fourth-order valence-corrected chi connectivity index (χ4v) is 7.37. The number of hydrogen-bond acceptors (Lipinski definition) is 2. The third-order valence-corrected chi connectivity index (χ3v) is 8.51.